The second-order valence-electron chi connectivity index (χ2n) is 13.9. The molecule has 4 aliphatic heterocycles. The highest BCUT2D eigenvalue weighted by Crippen LogP contribution is 2.39. The maximum Gasteiger partial charge on any atom is 0.257 e. The Morgan fingerprint density at radius 2 is 1.15 bits per heavy atom. The fourth-order valence-corrected chi connectivity index (χ4v) is 7.68. The van der Waals surface area contributed by atoms with E-state index in [1.807, 2.05) is 71.6 Å². The Balaban J connectivity index is 0.886. The van der Waals surface area contributed by atoms with Crippen molar-refractivity contribution in [3.63, 3.8) is 0 Å². The third kappa shape index (κ3) is 6.09. The van der Waals surface area contributed by atoms with Gasteiger partial charge in [-0.1, -0.05) is 48.5 Å². The standard InChI is InChI=1S/C43H37N5O5/c1-26-11-35-37(45-20-33-13-29-7-3-5-9-31(29)22-47(33)42(35)49)16-39(26)52-24-27-12-28(19-44-18-27)25-53-41-17-38-36(15-40(41)51-2)43(50)48-23-32-10-6-4-8-30(32)14-34(48)21-46-38/h3-12,15-21,33-34H,13-14,22-25H2,1-2H3/t33-,34-/m0/s1. The molecule has 53 heavy (non-hydrogen) atoms. The predicted octanol–water partition coefficient (Wildman–Crippen LogP) is 7.12. The van der Waals surface area contributed by atoms with Crippen LogP contribution in [0.2, 0.25) is 0 Å². The van der Waals surface area contributed by atoms with Gasteiger partial charge in [-0.3, -0.25) is 24.6 Å². The average molecular weight is 704 g/mol. The minimum absolute atomic E-state index is 0.0187. The summed E-state index contributed by atoms with van der Waals surface area (Å²) >= 11 is 0. The smallest absolute Gasteiger partial charge is 0.257 e. The third-order valence-electron chi connectivity index (χ3n) is 10.5. The Hall–Kier alpha value is -6.29. The van der Waals surface area contributed by atoms with Gasteiger partial charge >= 0.3 is 0 Å². The summed E-state index contributed by atoms with van der Waals surface area (Å²) in [4.78, 5) is 45.2. The Morgan fingerprint density at radius 1 is 0.642 bits per heavy atom. The van der Waals surface area contributed by atoms with E-state index in [9.17, 15) is 9.59 Å². The summed E-state index contributed by atoms with van der Waals surface area (Å²) in [6.45, 7) is 3.53. The molecule has 0 aliphatic carbocycles. The van der Waals surface area contributed by atoms with E-state index in [1.165, 1.54) is 16.7 Å². The number of benzene rings is 4. The first-order chi connectivity index (χ1) is 25.9. The number of fused-ring (bicyclic) bond motifs is 6. The topological polar surface area (TPSA) is 106 Å². The Bertz CT molecular complexity index is 2350. The van der Waals surface area contributed by atoms with Gasteiger partial charge in [0.1, 0.15) is 19.0 Å². The zero-order valence-corrected chi connectivity index (χ0v) is 29.5. The van der Waals surface area contributed by atoms with Gasteiger partial charge in [-0.15, -0.1) is 0 Å². The number of hydrogen-bond acceptors (Lipinski definition) is 8. The molecule has 0 fully saturated rings. The largest absolute Gasteiger partial charge is 0.493 e. The summed E-state index contributed by atoms with van der Waals surface area (Å²) in [5.74, 6) is 1.50. The second kappa shape index (κ2) is 13.4. The fraction of sp³-hybridized carbons (Fsp3) is 0.233. The van der Waals surface area contributed by atoms with Crippen LogP contribution in [0.5, 0.6) is 17.2 Å². The summed E-state index contributed by atoms with van der Waals surface area (Å²) in [7, 11) is 1.56. The molecule has 2 amide bonds. The summed E-state index contributed by atoms with van der Waals surface area (Å²) in [5.41, 5.74) is 9.60. The molecule has 4 aromatic carbocycles. The molecule has 10 nitrogen and oxygen atoms in total. The fourth-order valence-electron chi connectivity index (χ4n) is 7.68. The van der Waals surface area contributed by atoms with E-state index in [0.29, 0.717) is 52.8 Å². The van der Waals surface area contributed by atoms with Crippen molar-refractivity contribution in [2.45, 2.75) is 58.2 Å². The van der Waals surface area contributed by atoms with Crippen molar-refractivity contribution in [3.05, 3.63) is 141 Å². The van der Waals surface area contributed by atoms with Crippen LogP contribution in [0.1, 0.15) is 59.7 Å². The van der Waals surface area contributed by atoms with Crippen molar-refractivity contribution < 1.29 is 23.8 Å². The number of aromatic nitrogens is 1. The molecule has 5 heterocycles. The Morgan fingerprint density at radius 3 is 1.72 bits per heavy atom. The number of carbonyl (C=O) groups is 2. The Kier molecular flexibility index (Phi) is 8.22. The van der Waals surface area contributed by atoms with E-state index in [-0.39, 0.29) is 37.1 Å². The lowest BCUT2D eigenvalue weighted by Gasteiger charge is -2.34. The normalized spacial score (nSPS) is 18.1. The summed E-state index contributed by atoms with van der Waals surface area (Å²) in [6.07, 6.45) is 8.73. The first-order valence-corrected chi connectivity index (χ1v) is 17.8. The van der Waals surface area contributed by atoms with E-state index < -0.39 is 0 Å². The molecule has 0 radical (unpaired) electrons. The van der Waals surface area contributed by atoms with Crippen LogP contribution in [0, 0.1) is 6.92 Å². The highest BCUT2D eigenvalue weighted by atomic mass is 16.5. The van der Waals surface area contributed by atoms with E-state index in [1.54, 1.807) is 31.6 Å². The van der Waals surface area contributed by atoms with E-state index in [0.717, 1.165) is 35.1 Å². The molecule has 0 N–H and O–H groups in total. The molecule has 2 atom stereocenters. The maximum absolute atomic E-state index is 13.8. The minimum atomic E-state index is -0.123. The molecule has 0 spiro atoms. The van der Waals surface area contributed by atoms with Gasteiger partial charge < -0.3 is 24.0 Å². The first kappa shape index (κ1) is 32.6. The number of aliphatic imine (C=N–C) groups is 2. The minimum Gasteiger partial charge on any atom is -0.493 e. The number of pyridine rings is 1. The summed E-state index contributed by atoms with van der Waals surface area (Å²) < 4.78 is 18.2. The van der Waals surface area contributed by atoms with Crippen molar-refractivity contribution >= 4 is 35.6 Å². The van der Waals surface area contributed by atoms with Crippen molar-refractivity contribution in [3.8, 4) is 17.2 Å². The number of carbonyl (C=O) groups excluding carboxylic acids is 2. The highest BCUT2D eigenvalue weighted by molar-refractivity contribution is 6.04. The van der Waals surface area contributed by atoms with Gasteiger partial charge in [-0.2, -0.15) is 0 Å². The number of nitrogens with zero attached hydrogens (tertiary/aromatic N) is 5. The average Bonchev–Trinajstić information content (AvgIpc) is 3.40. The Labute approximate surface area is 307 Å². The molecular weight excluding hydrogens is 667 g/mol. The molecule has 9 rings (SSSR count). The van der Waals surface area contributed by atoms with Crippen LogP contribution in [0.15, 0.2) is 101 Å². The second-order valence-corrected chi connectivity index (χ2v) is 13.9. The molecule has 0 saturated carbocycles. The van der Waals surface area contributed by atoms with Crippen LogP contribution in [0.3, 0.4) is 0 Å². The van der Waals surface area contributed by atoms with E-state index >= 15 is 0 Å². The monoisotopic (exact) mass is 703 g/mol. The SMILES string of the molecule is COc1cc2c(cc1OCc1cncc(COc3cc4c(cc3C)C(=O)N3Cc5ccccc5C[C@H]3C=N4)c1)N=C[C@@H]1Cc3ccccc3CN1C2=O. The summed E-state index contributed by atoms with van der Waals surface area (Å²) in [5, 5.41) is 0. The molecule has 0 unspecified atom stereocenters. The van der Waals surface area contributed by atoms with Gasteiger partial charge in [-0.05, 0) is 65.8 Å². The number of hydrogen-bond donors (Lipinski definition) is 0. The van der Waals surface area contributed by atoms with Gasteiger partial charge in [0.25, 0.3) is 11.8 Å². The molecule has 4 aliphatic rings. The number of aryl methyl sites for hydroxylation is 1. The van der Waals surface area contributed by atoms with Gasteiger partial charge in [0.2, 0.25) is 0 Å². The summed E-state index contributed by atoms with van der Waals surface area (Å²) in [6, 6.07) is 25.5. The molecule has 264 valence electrons. The van der Waals surface area contributed by atoms with E-state index in [2.05, 4.69) is 29.2 Å². The third-order valence-corrected chi connectivity index (χ3v) is 10.5. The van der Waals surface area contributed by atoms with Gasteiger partial charge in [0, 0.05) is 61.2 Å². The van der Waals surface area contributed by atoms with E-state index in [4.69, 9.17) is 24.2 Å². The highest BCUT2D eigenvalue weighted by Gasteiger charge is 2.34. The quantitative estimate of drug-likeness (QED) is 0.179. The number of methoxy groups -OCH3 is 1. The molecular formula is C43H37N5O5. The van der Waals surface area contributed by atoms with Gasteiger partial charge in [0.05, 0.1) is 41.7 Å². The lowest BCUT2D eigenvalue weighted by molar-refractivity contribution is 0.0696. The van der Waals surface area contributed by atoms with Crippen molar-refractivity contribution in [2.75, 3.05) is 7.11 Å². The van der Waals surface area contributed by atoms with Crippen LogP contribution in [0.4, 0.5) is 11.4 Å². The number of amides is 2. The zero-order valence-electron chi connectivity index (χ0n) is 29.5. The van der Waals surface area contributed by atoms with Gasteiger partial charge in [0.15, 0.2) is 11.5 Å². The van der Waals surface area contributed by atoms with Crippen LogP contribution >= 0.6 is 0 Å². The molecule has 0 saturated heterocycles. The molecule has 5 aromatic rings. The van der Waals surface area contributed by atoms with Crippen molar-refractivity contribution in [2.24, 2.45) is 9.98 Å². The maximum atomic E-state index is 13.8. The van der Waals surface area contributed by atoms with Crippen LogP contribution in [-0.2, 0) is 39.1 Å². The number of ether oxygens (including phenoxy) is 3. The van der Waals surface area contributed by atoms with Crippen molar-refractivity contribution in [1.82, 2.24) is 14.8 Å². The van der Waals surface area contributed by atoms with Crippen LogP contribution in [0.25, 0.3) is 0 Å². The molecule has 1 aromatic heterocycles. The lowest BCUT2D eigenvalue weighted by atomic mass is 9.94. The molecule has 10 heteroatoms. The molecule has 0 bridgehead atoms. The van der Waals surface area contributed by atoms with Crippen LogP contribution < -0.4 is 14.2 Å². The lowest BCUT2D eigenvalue weighted by Crippen LogP contribution is -2.44. The van der Waals surface area contributed by atoms with Crippen molar-refractivity contribution in [1.29, 1.82) is 0 Å². The van der Waals surface area contributed by atoms with Crippen LogP contribution in [-0.4, -0.2) is 58.2 Å². The zero-order chi connectivity index (χ0) is 36.1. The first-order valence-electron chi connectivity index (χ1n) is 17.8. The van der Waals surface area contributed by atoms with Gasteiger partial charge in [-0.25, -0.2) is 0 Å². The predicted molar refractivity (Wildman–Crippen MR) is 201 cm³/mol. The number of rotatable bonds is 7.